The maximum Gasteiger partial charge on any atom is 0.325 e. The number of thiophene rings is 1. The number of methoxy groups -OCH3 is 4. The first-order valence-electron chi connectivity index (χ1n) is 15.3. The van der Waals surface area contributed by atoms with Crippen LogP contribution in [0.1, 0.15) is 49.6 Å². The molecule has 5 aromatic rings. The molecule has 0 fully saturated rings. The molecule has 0 unspecified atom stereocenters. The summed E-state index contributed by atoms with van der Waals surface area (Å²) in [7, 11) is 5.78. The van der Waals surface area contributed by atoms with Crippen molar-refractivity contribution in [1.82, 2.24) is 24.2 Å². The zero-order valence-electron chi connectivity index (χ0n) is 28.0. The molecule has 0 aliphatic rings. The normalized spacial score (nSPS) is 11.1. The Bertz CT molecular complexity index is 2020. The van der Waals surface area contributed by atoms with Gasteiger partial charge in [-0.2, -0.15) is 5.10 Å². The van der Waals surface area contributed by atoms with Crippen LogP contribution in [0.2, 0.25) is 0 Å². The van der Waals surface area contributed by atoms with Crippen molar-refractivity contribution >= 4 is 62.1 Å². The van der Waals surface area contributed by atoms with E-state index in [1.54, 1.807) is 40.4 Å². The molecular formula is C33H37N7O8S. The molecule has 49 heavy (non-hydrogen) atoms. The summed E-state index contributed by atoms with van der Waals surface area (Å²) in [5.74, 6) is -0.493. The fourth-order valence-corrected chi connectivity index (χ4v) is 6.54. The van der Waals surface area contributed by atoms with Gasteiger partial charge >= 0.3 is 5.97 Å². The molecular weight excluding hydrogens is 654 g/mol. The van der Waals surface area contributed by atoms with Gasteiger partial charge in [-0.1, -0.05) is 0 Å². The third-order valence-corrected chi connectivity index (χ3v) is 8.93. The Kier molecular flexibility index (Phi) is 10.4. The molecule has 0 saturated carbocycles. The number of hydrogen-bond donors (Lipinski definition) is 2. The van der Waals surface area contributed by atoms with Crippen molar-refractivity contribution in [3.8, 4) is 17.2 Å². The molecule has 0 bridgehead atoms. The molecule has 258 valence electrons. The molecule has 0 radical (unpaired) electrons. The van der Waals surface area contributed by atoms with E-state index in [4.69, 9.17) is 24.7 Å². The van der Waals surface area contributed by atoms with Gasteiger partial charge in [-0.3, -0.25) is 29.2 Å². The topological polar surface area (TPSA) is 182 Å². The van der Waals surface area contributed by atoms with Crippen molar-refractivity contribution in [3.63, 3.8) is 0 Å². The molecule has 16 heteroatoms. The number of aryl methyl sites for hydroxylation is 3. The molecule has 15 nitrogen and oxygen atoms in total. The van der Waals surface area contributed by atoms with Gasteiger partial charge in [0, 0.05) is 36.0 Å². The summed E-state index contributed by atoms with van der Waals surface area (Å²) in [5.41, 5.74) is 7.63. The second kappa shape index (κ2) is 14.6. The summed E-state index contributed by atoms with van der Waals surface area (Å²) in [4.78, 5) is 58.2. The van der Waals surface area contributed by atoms with Gasteiger partial charge in [-0.05, 0) is 56.0 Å². The number of rotatable bonds is 14. The minimum Gasteiger partial charge on any atom is -0.494 e. The summed E-state index contributed by atoms with van der Waals surface area (Å²) >= 11 is 1.27. The lowest BCUT2D eigenvalue weighted by molar-refractivity contribution is -0.141. The number of esters is 1. The van der Waals surface area contributed by atoms with Crippen molar-refractivity contribution in [2.45, 2.75) is 33.4 Å². The average molecular weight is 692 g/mol. The fourth-order valence-electron chi connectivity index (χ4n) is 5.50. The standard InChI is InChI=1S/C33H37N7O8S/c1-7-40-22(11-18(2)37-40)31(43)36-33-35-21-12-20(30(34)42)14-25(47-5)29(21)39(33)10-8-9-38(17-28(41)48-6)32(44)27-15-19-13-23(45-3)24(46-4)16-26(19)49-27/h11-16H,7-10,17H2,1-6H3,(H2,34,42)(H,35,36,43). The molecule has 0 spiro atoms. The van der Waals surface area contributed by atoms with Crippen LogP contribution in [0.15, 0.2) is 36.4 Å². The Morgan fingerprint density at radius 3 is 2.33 bits per heavy atom. The molecule has 3 N–H and O–H groups in total. The van der Waals surface area contributed by atoms with Gasteiger partial charge in [0.25, 0.3) is 11.8 Å². The van der Waals surface area contributed by atoms with Crippen LogP contribution in [0.3, 0.4) is 0 Å². The largest absolute Gasteiger partial charge is 0.494 e. The summed E-state index contributed by atoms with van der Waals surface area (Å²) in [6.07, 6.45) is 0.330. The molecule has 0 aliphatic carbocycles. The molecule has 3 aromatic heterocycles. The lowest BCUT2D eigenvalue weighted by Crippen LogP contribution is -2.37. The molecule has 0 atom stereocenters. The summed E-state index contributed by atoms with van der Waals surface area (Å²) in [6.45, 7) is 4.25. The SMILES string of the molecule is CCn1nc(C)cc1C(=O)Nc1nc2cc(C(N)=O)cc(OC)c2n1CCCN(CC(=O)OC)C(=O)c1cc2cc(OC)c(OC)cc2s1. The first-order valence-corrected chi connectivity index (χ1v) is 16.1. The molecule has 5 rings (SSSR count). The third-order valence-electron chi connectivity index (χ3n) is 7.85. The Morgan fingerprint density at radius 1 is 0.959 bits per heavy atom. The number of benzene rings is 2. The second-order valence-corrected chi connectivity index (χ2v) is 12.0. The number of hydrogen-bond acceptors (Lipinski definition) is 11. The van der Waals surface area contributed by atoms with Crippen molar-refractivity contribution < 1.29 is 38.1 Å². The van der Waals surface area contributed by atoms with Gasteiger partial charge in [0.15, 0.2) is 11.5 Å². The van der Waals surface area contributed by atoms with Gasteiger partial charge < -0.3 is 34.1 Å². The zero-order valence-corrected chi connectivity index (χ0v) is 28.8. The van der Waals surface area contributed by atoms with E-state index in [2.05, 4.69) is 15.4 Å². The first-order chi connectivity index (χ1) is 23.5. The van der Waals surface area contributed by atoms with E-state index in [-0.39, 0.29) is 37.1 Å². The number of nitrogens with zero attached hydrogens (tertiary/aromatic N) is 5. The predicted octanol–water partition coefficient (Wildman–Crippen LogP) is 3.86. The average Bonchev–Trinajstić information content (AvgIpc) is 3.80. The first kappa shape index (κ1) is 34.7. The van der Waals surface area contributed by atoms with Crippen LogP contribution in [0.4, 0.5) is 5.95 Å². The van der Waals surface area contributed by atoms with Crippen molar-refractivity contribution in [1.29, 1.82) is 0 Å². The van der Waals surface area contributed by atoms with Gasteiger partial charge in [0.1, 0.15) is 23.5 Å². The summed E-state index contributed by atoms with van der Waals surface area (Å²) in [5, 5.41) is 8.02. The third kappa shape index (κ3) is 7.13. The number of carbonyl (C=O) groups excluding carboxylic acids is 4. The van der Waals surface area contributed by atoms with Crippen molar-refractivity contribution in [2.24, 2.45) is 5.73 Å². The highest BCUT2D eigenvalue weighted by Gasteiger charge is 2.25. The fraction of sp³-hybridized carbons (Fsp3) is 0.333. The van der Waals surface area contributed by atoms with Crippen LogP contribution < -0.4 is 25.3 Å². The Morgan fingerprint density at radius 2 is 1.67 bits per heavy atom. The highest BCUT2D eigenvalue weighted by Crippen LogP contribution is 2.37. The quantitative estimate of drug-likeness (QED) is 0.162. The number of imidazole rings is 1. The number of ether oxygens (including phenoxy) is 4. The Labute approximate surface area is 285 Å². The highest BCUT2D eigenvalue weighted by molar-refractivity contribution is 7.20. The van der Waals surface area contributed by atoms with E-state index in [1.165, 1.54) is 56.8 Å². The van der Waals surface area contributed by atoms with Crippen molar-refractivity contribution in [3.05, 3.63) is 58.2 Å². The lowest BCUT2D eigenvalue weighted by atomic mass is 10.1. The second-order valence-electron chi connectivity index (χ2n) is 11.0. The van der Waals surface area contributed by atoms with E-state index >= 15 is 0 Å². The monoisotopic (exact) mass is 691 g/mol. The molecule has 2 aromatic carbocycles. The van der Waals surface area contributed by atoms with Gasteiger partial charge in [0.2, 0.25) is 11.9 Å². The maximum atomic E-state index is 13.8. The van der Waals surface area contributed by atoms with E-state index in [0.717, 1.165) is 10.1 Å². The smallest absolute Gasteiger partial charge is 0.325 e. The molecule has 3 heterocycles. The number of aromatic nitrogens is 4. The van der Waals surface area contributed by atoms with Gasteiger partial charge in [0.05, 0.1) is 44.5 Å². The number of nitrogens with two attached hydrogens (primary N) is 1. The maximum absolute atomic E-state index is 13.8. The molecule has 0 saturated heterocycles. The van der Waals surface area contributed by atoms with E-state index in [9.17, 15) is 19.2 Å². The number of nitrogens with one attached hydrogen (secondary N) is 1. The number of amides is 3. The Hall–Kier alpha value is -5.64. The lowest BCUT2D eigenvalue weighted by Gasteiger charge is -2.21. The number of carbonyl (C=O) groups is 4. The van der Waals surface area contributed by atoms with E-state index < -0.39 is 17.8 Å². The van der Waals surface area contributed by atoms with E-state index in [0.29, 0.717) is 57.5 Å². The van der Waals surface area contributed by atoms with Crippen LogP contribution in [-0.4, -0.2) is 89.5 Å². The zero-order chi connectivity index (χ0) is 35.4. The highest BCUT2D eigenvalue weighted by atomic mass is 32.1. The van der Waals surface area contributed by atoms with Crippen LogP contribution in [0.25, 0.3) is 21.1 Å². The van der Waals surface area contributed by atoms with Crippen LogP contribution in [0.5, 0.6) is 17.2 Å². The number of primary amides is 1. The van der Waals surface area contributed by atoms with Gasteiger partial charge in [-0.25, -0.2) is 4.98 Å². The van der Waals surface area contributed by atoms with Gasteiger partial charge in [-0.15, -0.1) is 11.3 Å². The molecule has 0 aliphatic heterocycles. The summed E-state index contributed by atoms with van der Waals surface area (Å²) < 4.78 is 25.5. The number of anilines is 1. The Balaban J connectivity index is 1.47. The van der Waals surface area contributed by atoms with Crippen LogP contribution in [-0.2, 0) is 22.6 Å². The predicted molar refractivity (Wildman–Crippen MR) is 183 cm³/mol. The van der Waals surface area contributed by atoms with Crippen LogP contribution in [0, 0.1) is 6.92 Å². The minimum atomic E-state index is -0.669. The minimum absolute atomic E-state index is 0.144. The summed E-state index contributed by atoms with van der Waals surface area (Å²) in [6, 6.07) is 10.0. The number of fused-ring (bicyclic) bond motifs is 2. The van der Waals surface area contributed by atoms with E-state index in [1.807, 2.05) is 6.92 Å². The van der Waals surface area contributed by atoms with Crippen molar-refractivity contribution in [2.75, 3.05) is 46.8 Å². The van der Waals surface area contributed by atoms with Crippen LogP contribution >= 0.6 is 11.3 Å². The molecule has 3 amide bonds.